The van der Waals surface area contributed by atoms with Crippen LogP contribution in [0.3, 0.4) is 0 Å². The van der Waals surface area contributed by atoms with Crippen LogP contribution < -0.4 is 10.1 Å². The zero-order chi connectivity index (χ0) is 19.2. The number of hydrogen-bond donors (Lipinski definition) is 1. The molecule has 0 saturated carbocycles. The summed E-state index contributed by atoms with van der Waals surface area (Å²) in [6, 6.07) is 14.2. The second kappa shape index (κ2) is 8.40. The van der Waals surface area contributed by atoms with Gasteiger partial charge in [-0.1, -0.05) is 18.2 Å². The number of ether oxygens (including phenoxy) is 2. The molecule has 0 saturated heterocycles. The van der Waals surface area contributed by atoms with Crippen molar-refractivity contribution in [3.63, 3.8) is 0 Å². The van der Waals surface area contributed by atoms with Gasteiger partial charge < -0.3 is 19.2 Å². The molecule has 0 aliphatic heterocycles. The molecule has 3 rings (SSSR count). The van der Waals surface area contributed by atoms with Crippen molar-refractivity contribution in [1.29, 1.82) is 0 Å². The number of hydrogen-bond acceptors (Lipinski definition) is 5. The molecule has 1 heterocycles. The van der Waals surface area contributed by atoms with Crippen LogP contribution in [-0.2, 0) is 4.74 Å². The standard InChI is InChI=1S/C21H21NO5/c1-3-25-21(24)15-8-10-16(11-9-15)26-13-12-22-20(23)19-14(2)17-6-4-5-7-18(17)27-19/h4-11H,3,12-13H2,1-2H3,(H,22,23). The number of aryl methyl sites for hydroxylation is 1. The molecule has 6 nitrogen and oxygen atoms in total. The number of nitrogens with one attached hydrogen (secondary N) is 1. The number of furan rings is 1. The summed E-state index contributed by atoms with van der Waals surface area (Å²) in [5.74, 6) is 0.287. The Balaban J connectivity index is 1.50. The largest absolute Gasteiger partial charge is 0.492 e. The molecule has 1 N–H and O–H groups in total. The predicted octanol–water partition coefficient (Wildman–Crippen LogP) is 3.73. The fraction of sp³-hybridized carbons (Fsp3) is 0.238. The number of benzene rings is 2. The van der Waals surface area contributed by atoms with Crippen molar-refractivity contribution in [3.05, 3.63) is 65.4 Å². The summed E-state index contributed by atoms with van der Waals surface area (Å²) >= 11 is 0. The van der Waals surface area contributed by atoms with Crippen LogP contribution >= 0.6 is 0 Å². The normalized spacial score (nSPS) is 10.6. The minimum absolute atomic E-state index is 0.273. The SMILES string of the molecule is CCOC(=O)c1ccc(OCCNC(=O)c2oc3ccccc3c2C)cc1. The molecule has 6 heteroatoms. The number of amides is 1. The van der Waals surface area contributed by atoms with E-state index in [1.165, 1.54) is 0 Å². The molecule has 140 valence electrons. The molecule has 1 aromatic heterocycles. The molecular weight excluding hydrogens is 346 g/mol. The van der Waals surface area contributed by atoms with Crippen molar-refractivity contribution in [2.24, 2.45) is 0 Å². The molecule has 1 amide bonds. The topological polar surface area (TPSA) is 77.8 Å². The van der Waals surface area contributed by atoms with Crippen molar-refractivity contribution < 1.29 is 23.5 Å². The maximum atomic E-state index is 12.3. The van der Waals surface area contributed by atoms with E-state index < -0.39 is 0 Å². The van der Waals surface area contributed by atoms with E-state index in [1.807, 2.05) is 31.2 Å². The molecule has 3 aromatic rings. The lowest BCUT2D eigenvalue weighted by molar-refractivity contribution is 0.0526. The third-order valence-corrected chi connectivity index (χ3v) is 4.07. The molecule has 0 spiro atoms. The van der Waals surface area contributed by atoms with E-state index in [-0.39, 0.29) is 11.9 Å². The summed E-state index contributed by atoms with van der Waals surface area (Å²) in [5, 5.41) is 3.72. The molecule has 0 atom stereocenters. The molecule has 2 aromatic carbocycles. The summed E-state index contributed by atoms with van der Waals surface area (Å²) in [7, 11) is 0. The van der Waals surface area contributed by atoms with Crippen LogP contribution in [0.4, 0.5) is 0 Å². The van der Waals surface area contributed by atoms with Gasteiger partial charge in [0.15, 0.2) is 5.76 Å². The average molecular weight is 367 g/mol. The summed E-state index contributed by atoms with van der Waals surface area (Å²) in [6.45, 7) is 4.58. The van der Waals surface area contributed by atoms with Crippen LogP contribution in [0.25, 0.3) is 11.0 Å². The maximum absolute atomic E-state index is 12.3. The van der Waals surface area contributed by atoms with E-state index in [0.717, 1.165) is 10.9 Å². The molecule has 0 aliphatic carbocycles. The smallest absolute Gasteiger partial charge is 0.338 e. The number of para-hydroxylation sites is 1. The highest BCUT2D eigenvalue weighted by Gasteiger charge is 2.16. The second-order valence-electron chi connectivity index (χ2n) is 5.90. The third kappa shape index (κ3) is 4.28. The number of esters is 1. The van der Waals surface area contributed by atoms with Crippen LogP contribution in [-0.4, -0.2) is 31.6 Å². The van der Waals surface area contributed by atoms with Crippen LogP contribution in [0.2, 0.25) is 0 Å². The van der Waals surface area contributed by atoms with Gasteiger partial charge in [0.2, 0.25) is 0 Å². The van der Waals surface area contributed by atoms with Gasteiger partial charge in [-0.05, 0) is 44.2 Å². The predicted molar refractivity (Wildman–Crippen MR) is 101 cm³/mol. The van der Waals surface area contributed by atoms with E-state index in [0.29, 0.717) is 42.4 Å². The lowest BCUT2D eigenvalue weighted by Gasteiger charge is -2.08. The van der Waals surface area contributed by atoms with Crippen molar-refractivity contribution in [1.82, 2.24) is 5.32 Å². The Labute approximate surface area is 157 Å². The van der Waals surface area contributed by atoms with Crippen LogP contribution in [0.5, 0.6) is 5.75 Å². The number of carbonyl (C=O) groups is 2. The Kier molecular flexibility index (Phi) is 5.76. The Hall–Kier alpha value is -3.28. The average Bonchev–Trinajstić information content (AvgIpc) is 3.03. The zero-order valence-electron chi connectivity index (χ0n) is 15.3. The Morgan fingerprint density at radius 1 is 1.07 bits per heavy atom. The van der Waals surface area contributed by atoms with Crippen LogP contribution in [0, 0.1) is 6.92 Å². The Morgan fingerprint density at radius 2 is 1.81 bits per heavy atom. The molecule has 0 unspecified atom stereocenters. The number of fused-ring (bicyclic) bond motifs is 1. The molecule has 0 fully saturated rings. The Bertz CT molecular complexity index is 943. The van der Waals surface area contributed by atoms with E-state index in [2.05, 4.69) is 5.32 Å². The fourth-order valence-corrected chi connectivity index (χ4v) is 2.71. The molecule has 27 heavy (non-hydrogen) atoms. The monoisotopic (exact) mass is 367 g/mol. The van der Waals surface area contributed by atoms with Crippen molar-refractivity contribution >= 4 is 22.8 Å². The first-order valence-electron chi connectivity index (χ1n) is 8.76. The quantitative estimate of drug-likeness (QED) is 0.509. The van der Waals surface area contributed by atoms with Gasteiger partial charge in [-0.2, -0.15) is 0 Å². The van der Waals surface area contributed by atoms with Gasteiger partial charge in [-0.15, -0.1) is 0 Å². The van der Waals surface area contributed by atoms with Gasteiger partial charge in [0.25, 0.3) is 5.91 Å². The molecule has 0 bridgehead atoms. The Morgan fingerprint density at radius 3 is 2.52 bits per heavy atom. The first-order chi connectivity index (χ1) is 13.1. The highest BCUT2D eigenvalue weighted by molar-refractivity contribution is 5.98. The van der Waals surface area contributed by atoms with E-state index in [4.69, 9.17) is 13.9 Å². The maximum Gasteiger partial charge on any atom is 0.338 e. The van der Waals surface area contributed by atoms with Gasteiger partial charge in [0, 0.05) is 10.9 Å². The molecule has 0 aliphatic rings. The summed E-state index contributed by atoms with van der Waals surface area (Å²) in [6.07, 6.45) is 0. The zero-order valence-corrected chi connectivity index (χ0v) is 15.3. The fourth-order valence-electron chi connectivity index (χ4n) is 2.71. The van der Waals surface area contributed by atoms with Crippen molar-refractivity contribution in [2.45, 2.75) is 13.8 Å². The lowest BCUT2D eigenvalue weighted by atomic mass is 10.1. The van der Waals surface area contributed by atoms with E-state index >= 15 is 0 Å². The minimum atomic E-state index is -0.363. The minimum Gasteiger partial charge on any atom is -0.492 e. The summed E-state index contributed by atoms with van der Waals surface area (Å²) in [4.78, 5) is 23.9. The summed E-state index contributed by atoms with van der Waals surface area (Å²) < 4.78 is 16.1. The van der Waals surface area contributed by atoms with E-state index in [9.17, 15) is 9.59 Å². The number of rotatable bonds is 7. The second-order valence-corrected chi connectivity index (χ2v) is 5.90. The number of carbonyl (C=O) groups excluding carboxylic acids is 2. The van der Waals surface area contributed by atoms with Crippen molar-refractivity contribution in [3.8, 4) is 5.75 Å². The first kappa shape index (κ1) is 18.5. The molecular formula is C21H21NO5. The van der Waals surface area contributed by atoms with Crippen LogP contribution in [0.1, 0.15) is 33.4 Å². The highest BCUT2D eigenvalue weighted by Crippen LogP contribution is 2.24. The lowest BCUT2D eigenvalue weighted by Crippen LogP contribution is -2.28. The molecule has 0 radical (unpaired) electrons. The summed E-state index contributed by atoms with van der Waals surface area (Å²) in [5.41, 5.74) is 1.98. The van der Waals surface area contributed by atoms with Gasteiger partial charge in [0.1, 0.15) is 17.9 Å². The van der Waals surface area contributed by atoms with Gasteiger partial charge in [-0.25, -0.2) is 4.79 Å². The van der Waals surface area contributed by atoms with Gasteiger partial charge >= 0.3 is 5.97 Å². The van der Waals surface area contributed by atoms with Gasteiger partial charge in [0.05, 0.1) is 18.7 Å². The van der Waals surface area contributed by atoms with Crippen molar-refractivity contribution in [2.75, 3.05) is 19.8 Å². The van der Waals surface area contributed by atoms with Gasteiger partial charge in [-0.3, -0.25) is 4.79 Å². The van der Waals surface area contributed by atoms with E-state index in [1.54, 1.807) is 31.2 Å². The van der Waals surface area contributed by atoms with Crippen LogP contribution in [0.15, 0.2) is 52.9 Å². The third-order valence-electron chi connectivity index (χ3n) is 4.07. The highest BCUT2D eigenvalue weighted by atomic mass is 16.5. The first-order valence-corrected chi connectivity index (χ1v) is 8.76.